The molecular formula is C21H25N3O3S. The van der Waals surface area contributed by atoms with Crippen LogP contribution in [-0.4, -0.2) is 38.7 Å². The zero-order valence-corrected chi connectivity index (χ0v) is 16.9. The molecule has 1 unspecified atom stereocenters. The van der Waals surface area contributed by atoms with E-state index < -0.39 is 10.0 Å². The molecule has 1 saturated heterocycles. The minimum absolute atomic E-state index is 0.114. The minimum Gasteiger partial charge on any atom is -0.362 e. The van der Waals surface area contributed by atoms with Gasteiger partial charge in [0.1, 0.15) is 5.84 Å². The number of likely N-dealkylation sites (tertiary alicyclic amines) is 1. The number of carbonyl (C=O) groups is 1. The van der Waals surface area contributed by atoms with Crippen LogP contribution in [0.5, 0.6) is 0 Å². The molecule has 0 spiro atoms. The van der Waals surface area contributed by atoms with Gasteiger partial charge in [0.15, 0.2) is 0 Å². The Morgan fingerprint density at radius 3 is 2.39 bits per heavy atom. The van der Waals surface area contributed by atoms with Crippen LogP contribution >= 0.6 is 0 Å². The third-order valence-electron chi connectivity index (χ3n) is 4.91. The molecular weight excluding hydrogens is 374 g/mol. The van der Waals surface area contributed by atoms with E-state index in [1.54, 1.807) is 12.1 Å². The number of rotatable bonds is 6. The Balaban J connectivity index is 1.73. The van der Waals surface area contributed by atoms with Crippen LogP contribution < -0.4 is 5.32 Å². The van der Waals surface area contributed by atoms with E-state index >= 15 is 0 Å². The second-order valence-electron chi connectivity index (χ2n) is 6.89. The van der Waals surface area contributed by atoms with Crippen molar-refractivity contribution in [3.63, 3.8) is 0 Å². The van der Waals surface area contributed by atoms with Crippen LogP contribution in [0.15, 0.2) is 63.9 Å². The third kappa shape index (κ3) is 4.59. The van der Waals surface area contributed by atoms with Gasteiger partial charge in [-0.25, -0.2) is 0 Å². The lowest BCUT2D eigenvalue weighted by atomic mass is 9.95. The number of amides is 1. The number of anilines is 1. The van der Waals surface area contributed by atoms with Crippen LogP contribution in [0.25, 0.3) is 0 Å². The highest BCUT2D eigenvalue weighted by Gasteiger charge is 2.21. The van der Waals surface area contributed by atoms with E-state index in [1.165, 1.54) is 12.1 Å². The predicted molar refractivity (Wildman–Crippen MR) is 111 cm³/mol. The fourth-order valence-electron chi connectivity index (χ4n) is 3.30. The first-order chi connectivity index (χ1) is 13.4. The Kier molecular flexibility index (Phi) is 6.14. The van der Waals surface area contributed by atoms with Gasteiger partial charge in [-0.15, -0.1) is 4.40 Å². The van der Waals surface area contributed by atoms with Gasteiger partial charge in [0.25, 0.3) is 10.0 Å². The lowest BCUT2D eigenvalue weighted by Gasteiger charge is -2.15. The van der Waals surface area contributed by atoms with Crippen molar-refractivity contribution in [1.29, 1.82) is 0 Å². The summed E-state index contributed by atoms with van der Waals surface area (Å²) in [6.45, 7) is 2.78. The second kappa shape index (κ2) is 8.56. The van der Waals surface area contributed by atoms with Gasteiger partial charge in [0.05, 0.1) is 10.8 Å². The Hall–Kier alpha value is -2.67. The zero-order valence-electron chi connectivity index (χ0n) is 16.1. The highest BCUT2D eigenvalue weighted by atomic mass is 32.2. The van der Waals surface area contributed by atoms with Crippen LogP contribution in [0.1, 0.15) is 37.7 Å². The summed E-state index contributed by atoms with van der Waals surface area (Å²) >= 11 is 0. The van der Waals surface area contributed by atoms with Crippen molar-refractivity contribution < 1.29 is 13.2 Å². The molecule has 1 aliphatic rings. The Bertz CT molecular complexity index is 954. The van der Waals surface area contributed by atoms with Crippen molar-refractivity contribution >= 4 is 27.5 Å². The molecule has 0 bridgehead atoms. The summed E-state index contributed by atoms with van der Waals surface area (Å²) in [6, 6.07) is 15.8. The molecule has 1 amide bonds. The molecule has 3 rings (SSSR count). The molecule has 0 saturated carbocycles. The first-order valence-corrected chi connectivity index (χ1v) is 10.9. The Labute approximate surface area is 166 Å². The summed E-state index contributed by atoms with van der Waals surface area (Å²) in [6.07, 6.45) is 2.25. The molecule has 1 fully saturated rings. The lowest BCUT2D eigenvalue weighted by molar-refractivity contribution is -0.117. The van der Waals surface area contributed by atoms with Crippen molar-refractivity contribution in [3.05, 3.63) is 60.2 Å². The number of nitrogens with zero attached hydrogens (tertiary/aromatic N) is 2. The minimum atomic E-state index is -3.75. The summed E-state index contributed by atoms with van der Waals surface area (Å²) in [5, 5.41) is 2.87. The van der Waals surface area contributed by atoms with Crippen LogP contribution in [0.3, 0.4) is 0 Å². The van der Waals surface area contributed by atoms with Gasteiger partial charge in [0.2, 0.25) is 5.91 Å². The normalized spacial score (nSPS) is 16.9. The van der Waals surface area contributed by atoms with Crippen LogP contribution in [0, 0.1) is 0 Å². The monoisotopic (exact) mass is 399 g/mol. The largest absolute Gasteiger partial charge is 0.362 e. The van der Waals surface area contributed by atoms with Crippen molar-refractivity contribution in [2.45, 2.75) is 37.0 Å². The molecule has 7 heteroatoms. The van der Waals surface area contributed by atoms with Crippen molar-refractivity contribution in [2.75, 3.05) is 18.9 Å². The molecule has 0 aliphatic carbocycles. The molecule has 2 aromatic carbocycles. The maximum atomic E-state index is 12.6. The van der Waals surface area contributed by atoms with Gasteiger partial charge in [-0.3, -0.25) is 4.79 Å². The molecule has 1 aliphatic heterocycles. The van der Waals surface area contributed by atoms with Gasteiger partial charge in [-0.2, -0.15) is 8.42 Å². The van der Waals surface area contributed by atoms with Crippen molar-refractivity contribution in [1.82, 2.24) is 4.90 Å². The fraction of sp³-hybridized carbons (Fsp3) is 0.333. The van der Waals surface area contributed by atoms with Gasteiger partial charge < -0.3 is 10.2 Å². The highest BCUT2D eigenvalue weighted by molar-refractivity contribution is 7.90. The maximum absolute atomic E-state index is 12.6. The molecule has 6 nitrogen and oxygen atoms in total. The highest BCUT2D eigenvalue weighted by Crippen LogP contribution is 2.23. The molecule has 1 N–H and O–H groups in total. The van der Waals surface area contributed by atoms with Gasteiger partial charge in [-0.05, 0) is 42.7 Å². The van der Waals surface area contributed by atoms with Crippen LogP contribution in [0.2, 0.25) is 0 Å². The van der Waals surface area contributed by atoms with E-state index in [1.807, 2.05) is 49.2 Å². The molecule has 28 heavy (non-hydrogen) atoms. The van der Waals surface area contributed by atoms with Crippen LogP contribution in [-0.2, 0) is 14.8 Å². The number of hydrogen-bond acceptors (Lipinski definition) is 3. The van der Waals surface area contributed by atoms with E-state index in [2.05, 4.69) is 9.71 Å². The fourth-order valence-corrected chi connectivity index (χ4v) is 4.39. The number of sulfonamides is 1. The van der Waals surface area contributed by atoms with Crippen molar-refractivity contribution in [3.8, 4) is 0 Å². The van der Waals surface area contributed by atoms with Gasteiger partial charge in [0, 0.05) is 25.7 Å². The van der Waals surface area contributed by atoms with Crippen molar-refractivity contribution in [2.24, 2.45) is 4.40 Å². The molecule has 0 radical (unpaired) electrons. The topological polar surface area (TPSA) is 78.8 Å². The molecule has 148 valence electrons. The number of nitrogens with one attached hydrogen (secondary N) is 1. The zero-order chi connectivity index (χ0) is 20.1. The van der Waals surface area contributed by atoms with E-state index in [9.17, 15) is 13.2 Å². The first kappa shape index (κ1) is 20.1. The molecule has 2 aromatic rings. The Morgan fingerprint density at radius 1 is 1.14 bits per heavy atom. The van der Waals surface area contributed by atoms with E-state index in [0.717, 1.165) is 18.5 Å². The summed E-state index contributed by atoms with van der Waals surface area (Å²) in [7, 11) is -1.91. The smallest absolute Gasteiger partial charge is 0.283 e. The van der Waals surface area contributed by atoms with Gasteiger partial charge >= 0.3 is 0 Å². The number of carbonyl (C=O) groups excluding carboxylic acids is 1. The summed E-state index contributed by atoms with van der Waals surface area (Å²) in [4.78, 5) is 14.6. The van der Waals surface area contributed by atoms with E-state index in [-0.39, 0.29) is 16.7 Å². The molecule has 1 atom stereocenters. The number of hydrogen-bond donors (Lipinski definition) is 1. The molecule has 0 aromatic heterocycles. The average Bonchev–Trinajstić information content (AvgIpc) is 3.07. The lowest BCUT2D eigenvalue weighted by Crippen LogP contribution is -2.21. The van der Waals surface area contributed by atoms with E-state index in [4.69, 9.17) is 0 Å². The maximum Gasteiger partial charge on any atom is 0.283 e. The number of amidine groups is 1. The summed E-state index contributed by atoms with van der Waals surface area (Å²) in [5.74, 6) is 0.220. The number of benzene rings is 2. The summed E-state index contributed by atoms with van der Waals surface area (Å²) < 4.78 is 29.0. The Morgan fingerprint density at radius 2 is 1.82 bits per heavy atom. The van der Waals surface area contributed by atoms with Crippen LogP contribution in [0.4, 0.5) is 5.69 Å². The quantitative estimate of drug-likeness (QED) is 0.804. The first-order valence-electron chi connectivity index (χ1n) is 9.41. The third-order valence-corrected chi connectivity index (χ3v) is 6.23. The molecule has 1 heterocycles. The predicted octanol–water partition coefficient (Wildman–Crippen LogP) is 3.63. The standard InChI is InChI=1S/C21H25N3O3S/c1-3-19(16-8-5-4-6-9-16)21(25)22-17-11-13-18(14-12-17)28(26,27)23-20-10-7-15-24(20)2/h4-6,8-9,11-14,19H,3,7,10,15H2,1-2H3,(H,22,25)/b23-20-. The SMILES string of the molecule is CCC(C(=O)Nc1ccc(S(=O)(=O)/N=C2/CCCN2C)cc1)c1ccccc1. The summed E-state index contributed by atoms with van der Waals surface area (Å²) in [5.41, 5.74) is 1.52. The average molecular weight is 400 g/mol. The van der Waals surface area contributed by atoms with Gasteiger partial charge in [-0.1, -0.05) is 37.3 Å². The second-order valence-corrected chi connectivity index (χ2v) is 8.50. The van der Waals surface area contributed by atoms with E-state index in [0.29, 0.717) is 24.4 Å².